The molecule has 9 rings (SSSR count). The van der Waals surface area contributed by atoms with E-state index in [4.69, 9.17) is 15.0 Å². The van der Waals surface area contributed by atoms with Gasteiger partial charge in [0.05, 0.1) is 0 Å². The lowest BCUT2D eigenvalue weighted by atomic mass is 10.0. The fourth-order valence-electron chi connectivity index (χ4n) is 6.03. The van der Waals surface area contributed by atoms with Crippen LogP contribution in [0.1, 0.15) is 0 Å². The Hall–Kier alpha value is -5.23. The first-order valence-electron chi connectivity index (χ1n) is 14.5. The van der Waals surface area contributed by atoms with E-state index in [0.717, 1.165) is 16.7 Å². The lowest BCUT2D eigenvalue weighted by molar-refractivity contribution is 1.08. The standard InChI is InChI=1S/C39H23N3S2/c1-3-10-24(11-4-1)26-19-21-33-31(22-26)28-20-18-27(23-35(28)44-33)38-40-37(25-12-5-2-6-13-25)41-39(42-38)30-15-9-17-34-36(30)29-14-7-8-16-32(29)43-34/h1-23H. The molecule has 6 aromatic carbocycles. The molecule has 0 saturated heterocycles. The minimum Gasteiger partial charge on any atom is -0.208 e. The largest absolute Gasteiger partial charge is 0.208 e. The van der Waals surface area contributed by atoms with E-state index in [9.17, 15) is 0 Å². The molecule has 0 spiro atoms. The lowest BCUT2D eigenvalue weighted by Crippen LogP contribution is -2.00. The Morgan fingerprint density at radius 1 is 0.341 bits per heavy atom. The van der Waals surface area contributed by atoms with Gasteiger partial charge in [-0.2, -0.15) is 0 Å². The van der Waals surface area contributed by atoms with Gasteiger partial charge in [-0.25, -0.2) is 15.0 Å². The second kappa shape index (κ2) is 10.2. The van der Waals surface area contributed by atoms with Crippen LogP contribution in [0.25, 0.3) is 85.6 Å². The summed E-state index contributed by atoms with van der Waals surface area (Å²) in [7, 11) is 0. The molecule has 0 N–H and O–H groups in total. The molecule has 0 radical (unpaired) electrons. The van der Waals surface area contributed by atoms with Crippen LogP contribution in [0.4, 0.5) is 0 Å². The molecule has 3 heterocycles. The van der Waals surface area contributed by atoms with E-state index in [0.29, 0.717) is 17.5 Å². The van der Waals surface area contributed by atoms with Crippen LogP contribution < -0.4 is 0 Å². The highest BCUT2D eigenvalue weighted by Gasteiger charge is 2.17. The van der Waals surface area contributed by atoms with Crippen molar-refractivity contribution in [3.05, 3.63) is 140 Å². The van der Waals surface area contributed by atoms with Crippen molar-refractivity contribution in [1.82, 2.24) is 15.0 Å². The zero-order valence-corrected chi connectivity index (χ0v) is 25.1. The molecule has 3 nitrogen and oxygen atoms in total. The fourth-order valence-corrected chi connectivity index (χ4v) is 8.29. The Kier molecular flexibility index (Phi) is 5.86. The number of rotatable bonds is 4. The molecule has 5 heteroatoms. The molecule has 44 heavy (non-hydrogen) atoms. The van der Waals surface area contributed by atoms with Crippen LogP contribution >= 0.6 is 22.7 Å². The molecule has 206 valence electrons. The summed E-state index contributed by atoms with van der Waals surface area (Å²) in [4.78, 5) is 15.2. The molecule has 0 fully saturated rings. The monoisotopic (exact) mass is 597 g/mol. The van der Waals surface area contributed by atoms with Crippen molar-refractivity contribution >= 4 is 63.0 Å². The second-order valence-corrected chi connectivity index (χ2v) is 13.0. The van der Waals surface area contributed by atoms with Gasteiger partial charge in [-0.05, 0) is 41.5 Å². The number of benzene rings is 6. The number of nitrogens with zero attached hydrogens (tertiary/aromatic N) is 3. The van der Waals surface area contributed by atoms with Crippen molar-refractivity contribution in [1.29, 1.82) is 0 Å². The van der Waals surface area contributed by atoms with Crippen LogP contribution in [0, 0.1) is 0 Å². The first kappa shape index (κ1) is 25.3. The SMILES string of the molecule is c1ccc(-c2ccc3sc4cc(-c5nc(-c6ccccc6)nc(-c6cccc7sc8ccccc8c67)n5)ccc4c3c2)cc1. The van der Waals surface area contributed by atoms with Gasteiger partial charge >= 0.3 is 0 Å². The van der Waals surface area contributed by atoms with Crippen LogP contribution in [0.5, 0.6) is 0 Å². The molecular weight excluding hydrogens is 575 g/mol. The molecule has 0 bridgehead atoms. The zero-order valence-electron chi connectivity index (χ0n) is 23.4. The number of thiophene rings is 2. The molecule has 3 aromatic heterocycles. The van der Waals surface area contributed by atoms with E-state index < -0.39 is 0 Å². The molecule has 0 aliphatic heterocycles. The third kappa shape index (κ3) is 4.21. The Morgan fingerprint density at radius 3 is 1.82 bits per heavy atom. The van der Waals surface area contributed by atoms with Crippen LogP contribution in [0.2, 0.25) is 0 Å². The van der Waals surface area contributed by atoms with Crippen molar-refractivity contribution in [2.45, 2.75) is 0 Å². The topological polar surface area (TPSA) is 38.7 Å². The fraction of sp³-hybridized carbons (Fsp3) is 0. The van der Waals surface area contributed by atoms with E-state index in [1.807, 2.05) is 29.5 Å². The van der Waals surface area contributed by atoms with Gasteiger partial charge in [-0.3, -0.25) is 0 Å². The molecule has 0 amide bonds. The highest BCUT2D eigenvalue weighted by molar-refractivity contribution is 7.26. The molecule has 0 saturated carbocycles. The summed E-state index contributed by atoms with van der Waals surface area (Å²) in [5.41, 5.74) is 5.43. The minimum absolute atomic E-state index is 0.672. The summed E-state index contributed by atoms with van der Waals surface area (Å²) in [5.74, 6) is 2.03. The summed E-state index contributed by atoms with van der Waals surface area (Å²) in [6.07, 6.45) is 0. The predicted molar refractivity (Wildman–Crippen MR) is 187 cm³/mol. The van der Waals surface area contributed by atoms with Crippen LogP contribution in [0.15, 0.2) is 140 Å². The van der Waals surface area contributed by atoms with Gasteiger partial charge in [0.15, 0.2) is 17.5 Å². The molecule has 0 aliphatic carbocycles. The third-order valence-electron chi connectivity index (χ3n) is 8.15. The highest BCUT2D eigenvalue weighted by atomic mass is 32.1. The number of fused-ring (bicyclic) bond motifs is 6. The maximum atomic E-state index is 5.14. The van der Waals surface area contributed by atoms with Crippen LogP contribution in [0.3, 0.4) is 0 Å². The molecule has 9 aromatic rings. The summed E-state index contributed by atoms with van der Waals surface area (Å²) < 4.78 is 4.98. The number of hydrogen-bond donors (Lipinski definition) is 0. The second-order valence-electron chi connectivity index (χ2n) is 10.8. The molecule has 0 unspecified atom stereocenters. The van der Waals surface area contributed by atoms with E-state index in [1.54, 1.807) is 11.3 Å². The Bertz CT molecular complexity index is 2500. The minimum atomic E-state index is 0.672. The van der Waals surface area contributed by atoms with Gasteiger partial charge in [-0.15, -0.1) is 22.7 Å². The third-order valence-corrected chi connectivity index (χ3v) is 10.4. The smallest absolute Gasteiger partial charge is 0.164 e. The van der Waals surface area contributed by atoms with Crippen molar-refractivity contribution in [2.24, 2.45) is 0 Å². The summed E-state index contributed by atoms with van der Waals surface area (Å²) in [5, 5.41) is 4.94. The van der Waals surface area contributed by atoms with Gasteiger partial charge in [0.1, 0.15) is 0 Å². The van der Waals surface area contributed by atoms with Crippen molar-refractivity contribution in [3.8, 4) is 45.3 Å². The Labute approximate surface area is 261 Å². The predicted octanol–water partition coefficient (Wildman–Crippen LogP) is 11.3. The summed E-state index contributed by atoms with van der Waals surface area (Å²) in [6.45, 7) is 0. The number of hydrogen-bond acceptors (Lipinski definition) is 5. The Balaban J connectivity index is 1.23. The summed E-state index contributed by atoms with van der Waals surface area (Å²) >= 11 is 3.61. The van der Waals surface area contributed by atoms with Crippen LogP contribution in [-0.2, 0) is 0 Å². The number of aromatic nitrogens is 3. The van der Waals surface area contributed by atoms with Gasteiger partial charge < -0.3 is 0 Å². The average molecular weight is 598 g/mol. The first-order valence-corrected chi connectivity index (χ1v) is 16.2. The van der Waals surface area contributed by atoms with Gasteiger partial charge in [0.25, 0.3) is 0 Å². The van der Waals surface area contributed by atoms with Crippen molar-refractivity contribution in [3.63, 3.8) is 0 Å². The van der Waals surface area contributed by atoms with Crippen LogP contribution in [-0.4, -0.2) is 15.0 Å². The van der Waals surface area contributed by atoms with E-state index in [2.05, 4.69) is 121 Å². The normalized spacial score (nSPS) is 11.6. The molecule has 0 aliphatic rings. The molecular formula is C39H23N3S2. The van der Waals surface area contributed by atoms with Crippen molar-refractivity contribution in [2.75, 3.05) is 0 Å². The van der Waals surface area contributed by atoms with E-state index in [1.165, 1.54) is 51.5 Å². The van der Waals surface area contributed by atoms with E-state index >= 15 is 0 Å². The highest BCUT2D eigenvalue weighted by Crippen LogP contribution is 2.41. The van der Waals surface area contributed by atoms with Gasteiger partial charge in [-0.1, -0.05) is 109 Å². The summed E-state index contributed by atoms with van der Waals surface area (Å²) in [6, 6.07) is 49.1. The maximum Gasteiger partial charge on any atom is 0.164 e. The zero-order chi connectivity index (χ0) is 29.0. The van der Waals surface area contributed by atoms with Gasteiger partial charge in [0, 0.05) is 57.0 Å². The van der Waals surface area contributed by atoms with Crippen molar-refractivity contribution < 1.29 is 0 Å². The maximum absolute atomic E-state index is 5.14. The lowest BCUT2D eigenvalue weighted by Gasteiger charge is -2.10. The Morgan fingerprint density at radius 2 is 0.977 bits per heavy atom. The molecule has 0 atom stereocenters. The first-order chi connectivity index (χ1) is 21.8. The van der Waals surface area contributed by atoms with Gasteiger partial charge in [0.2, 0.25) is 0 Å². The average Bonchev–Trinajstić information content (AvgIpc) is 3.66. The van der Waals surface area contributed by atoms with E-state index in [-0.39, 0.29) is 0 Å². The quantitative estimate of drug-likeness (QED) is 0.203.